The summed E-state index contributed by atoms with van der Waals surface area (Å²) in [5.41, 5.74) is 1.56. The Morgan fingerprint density at radius 3 is 2.83 bits per heavy atom. The van der Waals surface area contributed by atoms with Crippen LogP contribution in [0.4, 0.5) is 0 Å². The van der Waals surface area contributed by atoms with E-state index in [2.05, 4.69) is 15.1 Å². The van der Waals surface area contributed by atoms with Crippen LogP contribution in [0, 0.1) is 6.92 Å². The lowest BCUT2D eigenvalue weighted by molar-refractivity contribution is -0.132. The summed E-state index contributed by atoms with van der Waals surface area (Å²) in [5, 5.41) is 4.05. The fourth-order valence-electron chi connectivity index (χ4n) is 3.93. The zero-order valence-electron chi connectivity index (χ0n) is 17.0. The number of hydrogen-bond acceptors (Lipinski definition) is 6. The zero-order valence-corrected chi connectivity index (χ0v) is 17.0. The standard InChI is InChI=1S/C21H27N5O3/c1-14-10-17(12-22-11-14)21(28)25-8-3-4-18(13-25)26(15(2)27)9-7-19-23-20(29-24-19)16-5-6-16/h10-12,16,18H,3-9,13H2,1-2H3. The Hall–Kier alpha value is -2.77. The molecule has 0 radical (unpaired) electrons. The van der Waals surface area contributed by atoms with Gasteiger partial charge in [-0.25, -0.2) is 0 Å². The Morgan fingerprint density at radius 2 is 2.10 bits per heavy atom. The van der Waals surface area contributed by atoms with Crippen molar-refractivity contribution in [3.8, 4) is 0 Å². The Morgan fingerprint density at radius 1 is 1.28 bits per heavy atom. The Bertz CT molecular complexity index is 892. The van der Waals surface area contributed by atoms with E-state index in [0.717, 1.165) is 37.1 Å². The Kier molecular flexibility index (Phi) is 5.60. The third kappa shape index (κ3) is 4.63. The van der Waals surface area contributed by atoms with Crippen LogP contribution < -0.4 is 0 Å². The molecule has 3 heterocycles. The second-order valence-electron chi connectivity index (χ2n) is 8.08. The van der Waals surface area contributed by atoms with Crippen LogP contribution in [0.25, 0.3) is 0 Å². The molecule has 2 aromatic rings. The Labute approximate surface area is 170 Å². The quantitative estimate of drug-likeness (QED) is 0.743. The molecule has 0 aromatic carbocycles. The minimum Gasteiger partial charge on any atom is -0.339 e. The number of aromatic nitrogens is 3. The molecule has 2 aliphatic rings. The van der Waals surface area contributed by atoms with Gasteiger partial charge in [-0.3, -0.25) is 14.6 Å². The van der Waals surface area contributed by atoms with Gasteiger partial charge >= 0.3 is 0 Å². The molecule has 8 heteroatoms. The van der Waals surface area contributed by atoms with Crippen LogP contribution in [0.2, 0.25) is 0 Å². The van der Waals surface area contributed by atoms with Gasteiger partial charge in [0.1, 0.15) is 0 Å². The molecule has 1 atom stereocenters. The molecule has 1 unspecified atom stereocenters. The summed E-state index contributed by atoms with van der Waals surface area (Å²) in [7, 11) is 0. The summed E-state index contributed by atoms with van der Waals surface area (Å²) in [5.74, 6) is 1.77. The van der Waals surface area contributed by atoms with Crippen LogP contribution in [0.5, 0.6) is 0 Å². The molecule has 0 bridgehead atoms. The third-order valence-electron chi connectivity index (χ3n) is 5.64. The average molecular weight is 397 g/mol. The number of pyridine rings is 1. The van der Waals surface area contributed by atoms with E-state index in [1.165, 1.54) is 0 Å². The first-order valence-electron chi connectivity index (χ1n) is 10.3. The molecule has 154 valence electrons. The fraction of sp³-hybridized carbons (Fsp3) is 0.571. The third-order valence-corrected chi connectivity index (χ3v) is 5.64. The highest BCUT2D eigenvalue weighted by molar-refractivity contribution is 5.94. The Balaban J connectivity index is 1.39. The predicted octanol–water partition coefficient (Wildman–Crippen LogP) is 2.35. The topological polar surface area (TPSA) is 92.4 Å². The van der Waals surface area contributed by atoms with Crippen molar-refractivity contribution in [2.24, 2.45) is 0 Å². The van der Waals surface area contributed by atoms with Crippen LogP contribution >= 0.6 is 0 Å². The van der Waals surface area contributed by atoms with Gasteiger partial charge in [0.05, 0.1) is 5.56 Å². The largest absolute Gasteiger partial charge is 0.339 e. The van der Waals surface area contributed by atoms with E-state index in [9.17, 15) is 9.59 Å². The van der Waals surface area contributed by atoms with Gasteiger partial charge in [-0.05, 0) is 44.2 Å². The lowest BCUT2D eigenvalue weighted by atomic mass is 10.0. The molecule has 2 aromatic heterocycles. The lowest BCUT2D eigenvalue weighted by Gasteiger charge is -2.39. The van der Waals surface area contributed by atoms with Gasteiger partial charge in [0.25, 0.3) is 5.91 Å². The minimum atomic E-state index is -0.0263. The molecule has 2 fully saturated rings. The van der Waals surface area contributed by atoms with Crippen molar-refractivity contribution in [2.75, 3.05) is 19.6 Å². The normalized spacial score (nSPS) is 19.2. The van der Waals surface area contributed by atoms with E-state index in [1.807, 2.05) is 22.8 Å². The van der Waals surface area contributed by atoms with Gasteiger partial charge in [-0.2, -0.15) is 4.98 Å². The molecule has 1 saturated carbocycles. The van der Waals surface area contributed by atoms with Gasteiger partial charge in [-0.1, -0.05) is 5.16 Å². The number of rotatable bonds is 6. The molecule has 1 saturated heterocycles. The molecule has 1 aliphatic carbocycles. The maximum absolute atomic E-state index is 12.9. The van der Waals surface area contributed by atoms with Crippen molar-refractivity contribution >= 4 is 11.8 Å². The van der Waals surface area contributed by atoms with Crippen LogP contribution in [-0.4, -0.2) is 62.4 Å². The summed E-state index contributed by atoms with van der Waals surface area (Å²) in [4.78, 5) is 37.5. The molecule has 4 rings (SSSR count). The highest BCUT2D eigenvalue weighted by Gasteiger charge is 2.31. The summed E-state index contributed by atoms with van der Waals surface area (Å²) in [6.07, 6.45) is 7.88. The van der Waals surface area contributed by atoms with Crippen molar-refractivity contribution in [3.05, 3.63) is 41.3 Å². The van der Waals surface area contributed by atoms with Crippen molar-refractivity contribution < 1.29 is 14.1 Å². The second kappa shape index (κ2) is 8.31. The fourth-order valence-corrected chi connectivity index (χ4v) is 3.93. The van der Waals surface area contributed by atoms with E-state index in [4.69, 9.17) is 4.52 Å². The molecule has 2 amide bonds. The van der Waals surface area contributed by atoms with Gasteiger partial charge in [0, 0.05) is 57.3 Å². The van der Waals surface area contributed by atoms with Crippen LogP contribution in [0.3, 0.4) is 0 Å². The summed E-state index contributed by atoms with van der Waals surface area (Å²) in [6.45, 7) is 5.26. The van der Waals surface area contributed by atoms with Gasteiger partial charge in [-0.15, -0.1) is 0 Å². The number of hydrogen-bond donors (Lipinski definition) is 0. The maximum atomic E-state index is 12.9. The predicted molar refractivity (Wildman–Crippen MR) is 105 cm³/mol. The molecule has 1 aliphatic heterocycles. The molecule has 0 spiro atoms. The maximum Gasteiger partial charge on any atom is 0.255 e. The SMILES string of the molecule is CC(=O)N(CCc1noc(C2CC2)n1)C1CCCN(C(=O)c2cncc(C)c2)C1. The monoisotopic (exact) mass is 397 g/mol. The number of likely N-dealkylation sites (tertiary alicyclic amines) is 1. The van der Waals surface area contributed by atoms with Crippen molar-refractivity contribution in [1.29, 1.82) is 0 Å². The average Bonchev–Trinajstić information content (AvgIpc) is 3.46. The molecule has 8 nitrogen and oxygen atoms in total. The van der Waals surface area contributed by atoms with Crippen molar-refractivity contribution in [1.82, 2.24) is 24.9 Å². The zero-order chi connectivity index (χ0) is 20.4. The van der Waals surface area contributed by atoms with E-state index in [1.54, 1.807) is 19.3 Å². The van der Waals surface area contributed by atoms with Crippen LogP contribution in [0.1, 0.15) is 66.2 Å². The first-order valence-corrected chi connectivity index (χ1v) is 10.3. The lowest BCUT2D eigenvalue weighted by Crippen LogP contribution is -2.51. The highest BCUT2D eigenvalue weighted by atomic mass is 16.5. The number of aryl methyl sites for hydroxylation is 1. The van der Waals surface area contributed by atoms with Crippen LogP contribution in [-0.2, 0) is 11.2 Å². The number of carbonyl (C=O) groups is 2. The first kappa shape index (κ1) is 19.5. The first-order chi connectivity index (χ1) is 14.0. The van der Waals surface area contributed by atoms with Crippen LogP contribution in [0.15, 0.2) is 23.0 Å². The van der Waals surface area contributed by atoms with E-state index >= 15 is 0 Å². The van der Waals surface area contributed by atoms with E-state index in [-0.39, 0.29) is 17.9 Å². The second-order valence-corrected chi connectivity index (χ2v) is 8.08. The van der Waals surface area contributed by atoms with E-state index in [0.29, 0.717) is 43.4 Å². The summed E-state index contributed by atoms with van der Waals surface area (Å²) < 4.78 is 5.31. The number of nitrogens with zero attached hydrogens (tertiary/aromatic N) is 5. The minimum absolute atomic E-state index is 0.00206. The van der Waals surface area contributed by atoms with E-state index < -0.39 is 0 Å². The molecule has 29 heavy (non-hydrogen) atoms. The number of amides is 2. The summed E-state index contributed by atoms with van der Waals surface area (Å²) in [6, 6.07) is 1.85. The number of carbonyl (C=O) groups excluding carboxylic acids is 2. The van der Waals surface area contributed by atoms with Crippen molar-refractivity contribution in [3.63, 3.8) is 0 Å². The molecular weight excluding hydrogens is 370 g/mol. The van der Waals surface area contributed by atoms with Gasteiger partial charge in [0.15, 0.2) is 5.82 Å². The smallest absolute Gasteiger partial charge is 0.255 e. The number of piperidine rings is 1. The summed E-state index contributed by atoms with van der Waals surface area (Å²) >= 11 is 0. The molecule has 0 N–H and O–H groups in total. The van der Waals surface area contributed by atoms with Crippen molar-refractivity contribution in [2.45, 2.75) is 57.9 Å². The highest BCUT2D eigenvalue weighted by Crippen LogP contribution is 2.38. The van der Waals surface area contributed by atoms with Gasteiger partial charge in [0.2, 0.25) is 11.8 Å². The molecular formula is C21H27N5O3. The van der Waals surface area contributed by atoms with Gasteiger partial charge < -0.3 is 14.3 Å².